The maximum atomic E-state index is 12.4. The molecule has 10 N–H and O–H groups in total. The molecule has 3 unspecified atom stereocenters. The number of nitrogens with one attached hydrogen (secondary N) is 1. The van der Waals surface area contributed by atoms with Crippen LogP contribution in [0.25, 0.3) is 0 Å². The molecule has 29 heteroatoms. The molecule has 1 aliphatic heterocycles. The molecule has 3 fully saturated rings. The van der Waals surface area contributed by atoms with Crippen molar-refractivity contribution < 1.29 is 194 Å². The number of fused-ring (bicyclic) bond motifs is 5. The largest absolute Gasteiger partial charge is 1.00 e. The van der Waals surface area contributed by atoms with Gasteiger partial charge >= 0.3 is 94.6 Å². The molecule has 0 aromatic heterocycles. The Kier molecular flexibility index (Phi) is 39.2. The molecule has 3 aromatic rings. The first-order valence-electron chi connectivity index (χ1n) is 27.6. The molecular formula is C56H80ClNNa3O22S2+. The quantitative estimate of drug-likeness (QED) is 0.00551. The fourth-order valence-corrected chi connectivity index (χ4v) is 12.2. The molecule has 0 radical (unpaired) electrons. The van der Waals surface area contributed by atoms with Crippen molar-refractivity contribution in [1.29, 1.82) is 0 Å². The van der Waals surface area contributed by atoms with Gasteiger partial charge in [-0.25, -0.2) is 21.6 Å². The van der Waals surface area contributed by atoms with Crippen LogP contribution in [0, 0.1) is 17.3 Å². The number of aldehydes is 1. The first kappa shape index (κ1) is 81.9. The first-order chi connectivity index (χ1) is 38.9. The summed E-state index contributed by atoms with van der Waals surface area (Å²) in [6.07, 6.45) is 2.50. The molecule has 3 aliphatic carbocycles. The average molecular weight is 1290 g/mol. The number of aliphatic hydroxyl groups excluding tert-OH is 9. The van der Waals surface area contributed by atoms with Crippen LogP contribution in [0.1, 0.15) is 148 Å². The fraction of sp³-hybridized carbons (Fsp3) is 0.625. The van der Waals surface area contributed by atoms with Crippen molar-refractivity contribution in [2.45, 2.75) is 189 Å². The van der Waals surface area contributed by atoms with Gasteiger partial charge < -0.3 is 79.4 Å². The minimum Gasteiger partial charge on any atom is -0.726 e. The predicted molar refractivity (Wildman–Crippen MR) is 293 cm³/mol. The first-order valence-corrected chi connectivity index (χ1v) is 30.8. The van der Waals surface area contributed by atoms with E-state index in [9.17, 15) is 76.6 Å². The van der Waals surface area contributed by atoms with Crippen molar-refractivity contribution in [3.63, 3.8) is 0 Å². The van der Waals surface area contributed by atoms with Crippen molar-refractivity contribution in [1.82, 2.24) is 4.24 Å². The summed E-state index contributed by atoms with van der Waals surface area (Å²) in [6.45, 7) is 2.92. The SMILES string of the molecule is CCCCCCCCCCCCOS(=O)(=O)[O-].C[C@]12CCC3c4ccc(OC(=O)c5ccccc5)cc4CCC3C1CC[C@@H]2O.O=C([O-])c1ccc(S(=O)(=O)NCl)cc1.O=C[C@H](O)[C@H](O)[C@H](O[C@@H]1O[C@H](CO)[C@@H](O)[C@H](O)[C@H]1O)[C@H](O)CO.[Na+].[Na+].[Na+]. The van der Waals surface area contributed by atoms with Crippen LogP contribution in [-0.4, -0.2) is 167 Å². The molecule has 14 atom stereocenters. The molecule has 0 bridgehead atoms. The Labute approximate surface area is 569 Å². The van der Waals surface area contributed by atoms with E-state index in [4.69, 9.17) is 36.2 Å². The third-order valence-corrected chi connectivity index (χ3v) is 17.8. The van der Waals surface area contributed by atoms with Gasteiger partial charge in [0, 0.05) is 0 Å². The molecule has 0 amide bonds. The summed E-state index contributed by atoms with van der Waals surface area (Å²) in [5.41, 5.74) is 3.37. The Morgan fingerprint density at radius 3 is 1.94 bits per heavy atom. The molecule has 462 valence electrons. The molecule has 23 nitrogen and oxygen atoms in total. The summed E-state index contributed by atoms with van der Waals surface area (Å²) in [5.74, 6) is 0.885. The van der Waals surface area contributed by atoms with Gasteiger partial charge in [-0.3, -0.25) is 4.18 Å². The van der Waals surface area contributed by atoms with Crippen molar-refractivity contribution in [3.8, 4) is 5.75 Å². The smallest absolute Gasteiger partial charge is 0.726 e. The van der Waals surface area contributed by atoms with E-state index >= 15 is 0 Å². The number of halogens is 1. The van der Waals surface area contributed by atoms with Crippen LogP contribution in [0.4, 0.5) is 0 Å². The van der Waals surface area contributed by atoms with E-state index in [0.717, 1.165) is 62.8 Å². The number of carbonyl (C=O) groups is 3. The minimum atomic E-state index is -4.48. The van der Waals surface area contributed by atoms with Crippen LogP contribution in [0.5, 0.6) is 5.75 Å². The van der Waals surface area contributed by atoms with Gasteiger partial charge in [-0.2, -0.15) is 0 Å². The molecule has 0 spiro atoms. The topological polar surface area (TPSA) is 397 Å². The summed E-state index contributed by atoms with van der Waals surface area (Å²) in [6, 6.07) is 19.8. The number of esters is 1. The summed E-state index contributed by atoms with van der Waals surface area (Å²) in [4.78, 5) is 33.1. The minimum absolute atomic E-state index is 0. The van der Waals surface area contributed by atoms with Crippen molar-refractivity contribution in [3.05, 3.63) is 95.1 Å². The van der Waals surface area contributed by atoms with E-state index in [-0.39, 0.29) is 130 Å². The monoisotopic (exact) mass is 1290 g/mol. The maximum Gasteiger partial charge on any atom is 1.00 e. The van der Waals surface area contributed by atoms with Crippen LogP contribution in [-0.2, 0) is 45.3 Å². The Bertz CT molecular complexity index is 2650. The second kappa shape index (κ2) is 40.7. The predicted octanol–water partition coefficient (Wildman–Crippen LogP) is -6.55. The number of hydrogen-bond donors (Lipinski definition) is 10. The molecule has 3 aromatic carbocycles. The number of ether oxygens (including phenoxy) is 3. The van der Waals surface area contributed by atoms with Crippen molar-refractivity contribution in [2.24, 2.45) is 17.3 Å². The van der Waals surface area contributed by atoms with Crippen molar-refractivity contribution >= 4 is 50.4 Å². The second-order valence-corrected chi connectivity index (χ2v) is 24.3. The van der Waals surface area contributed by atoms with E-state index in [1.54, 1.807) is 16.4 Å². The Hall–Kier alpha value is -1.10. The number of carbonyl (C=O) groups excluding carboxylic acids is 3. The fourth-order valence-electron chi connectivity index (χ4n) is 11.0. The number of rotatable bonds is 25. The molecule has 4 aliphatic rings. The normalized spacial score (nSPS) is 25.3. The van der Waals surface area contributed by atoms with Crippen LogP contribution in [0.3, 0.4) is 0 Å². The number of benzene rings is 3. The van der Waals surface area contributed by atoms with E-state index in [1.807, 2.05) is 24.3 Å². The Morgan fingerprint density at radius 2 is 1.40 bits per heavy atom. The molecule has 7 rings (SSSR count). The third kappa shape index (κ3) is 25.1. The summed E-state index contributed by atoms with van der Waals surface area (Å²) < 4.78 is 73.9. The number of aromatic carboxylic acids is 1. The molecule has 85 heavy (non-hydrogen) atoms. The van der Waals surface area contributed by atoms with Crippen LogP contribution in [0.15, 0.2) is 77.7 Å². The number of carboxylic acid groups (broad SMARTS) is 1. The van der Waals surface area contributed by atoms with E-state index < -0.39 is 94.7 Å². The summed E-state index contributed by atoms with van der Waals surface area (Å²) in [7, 11) is -8.22. The van der Waals surface area contributed by atoms with Gasteiger partial charge in [0.2, 0.25) is 10.4 Å². The standard InChI is InChI=1S/C25H28O3.C12H22O11.C12H26O4S.C7H6ClNO4S.3Na/c1-25-14-13-20-19-10-8-18(28-24(27)16-5-3-2-4-6-16)15-17(19)7-9-21(20)22(25)11-12-23(25)26;13-1-4(16)7(18)11(5(17)2-14)23-12-10(21)9(20)8(19)6(3-15)22-12;1-2-3-4-5-6-7-8-9-10-11-12-16-17(13,14)15;8-9-14(12,13)6-3-1-5(2-4-6)7(10)11;;;/h2-6,8,10,15,20-23,26H,7,9,11-14H2,1H3;1,4-12,14-21H,2-3H2;2-12H2,1H3,(H,13,14,15);1-4,9H,(H,10,11);;;/q;;;;3*+1/p-2/t20?,21?,22?,23-,25-;4-,5+,6+,7-,8+,9-,10+,11+,12-;;;;;/m00...../s1. The van der Waals surface area contributed by atoms with Crippen molar-refractivity contribution in [2.75, 3.05) is 19.8 Å². The maximum absolute atomic E-state index is 12.4. The van der Waals surface area contributed by atoms with Gasteiger partial charge in [0.05, 0.1) is 42.4 Å². The van der Waals surface area contributed by atoms with Gasteiger partial charge in [-0.05, 0) is 133 Å². The van der Waals surface area contributed by atoms with Crippen LogP contribution < -0.4 is 103 Å². The second-order valence-electron chi connectivity index (χ2n) is 21.1. The van der Waals surface area contributed by atoms with Crippen LogP contribution in [0.2, 0.25) is 0 Å². The number of unbranched alkanes of at least 4 members (excludes halogenated alkanes) is 9. The van der Waals surface area contributed by atoms with Gasteiger partial charge in [0.1, 0.15) is 54.6 Å². The number of hydrogen-bond acceptors (Lipinski definition) is 22. The molecule has 1 heterocycles. The van der Waals surface area contributed by atoms with E-state index in [2.05, 4.69) is 30.2 Å². The molecule has 2 saturated carbocycles. The van der Waals surface area contributed by atoms with Gasteiger partial charge in [-0.15, -0.1) is 4.24 Å². The number of sulfonamides is 1. The third-order valence-electron chi connectivity index (χ3n) is 15.6. The number of aryl methyl sites for hydroxylation is 1. The summed E-state index contributed by atoms with van der Waals surface area (Å²) >= 11 is 4.96. The van der Waals surface area contributed by atoms with Gasteiger partial charge in [-0.1, -0.05) is 108 Å². The zero-order valence-corrected chi connectivity index (χ0v) is 57.4. The van der Waals surface area contributed by atoms with E-state index in [1.165, 1.54) is 68.9 Å². The van der Waals surface area contributed by atoms with Gasteiger partial charge in [0.15, 0.2) is 12.6 Å². The number of carboxylic acids is 1. The molecule has 1 saturated heterocycles. The van der Waals surface area contributed by atoms with E-state index in [0.29, 0.717) is 35.5 Å². The van der Waals surface area contributed by atoms with Crippen LogP contribution >= 0.6 is 11.8 Å². The number of aliphatic hydroxyl groups is 9. The Morgan fingerprint density at radius 1 is 0.800 bits per heavy atom. The zero-order chi connectivity index (χ0) is 60.8. The average Bonchev–Trinajstić information content (AvgIpc) is 1.90. The van der Waals surface area contributed by atoms with Gasteiger partial charge in [0.25, 0.3) is 10.0 Å². The Balaban J connectivity index is 0.000000580. The summed E-state index contributed by atoms with van der Waals surface area (Å²) in [5, 5.41) is 96.6. The molecular weight excluding hydrogens is 1210 g/mol. The zero-order valence-electron chi connectivity index (χ0n) is 49.0.